The standard InChI is InChI=1S/C25H33F2N3O4/c1-16(23(32)29-14-17-8-6-5-7-9-17)28-15-22(31)21(30-24(33)34-25(2,3)4)12-18-10-19(26)13-20(27)11-18/h5-11,13,16,21-22,28,31H,12,14-15H2,1-4H3,(H,29,32)(H,30,33). The third-order valence-electron chi connectivity index (χ3n) is 4.88. The van der Waals surface area contributed by atoms with E-state index in [1.165, 1.54) is 0 Å². The Balaban J connectivity index is 1.99. The van der Waals surface area contributed by atoms with Gasteiger partial charge in [0.1, 0.15) is 17.2 Å². The van der Waals surface area contributed by atoms with Crippen molar-refractivity contribution in [1.29, 1.82) is 0 Å². The lowest BCUT2D eigenvalue weighted by Crippen LogP contribution is -2.52. The molecule has 0 fully saturated rings. The third kappa shape index (κ3) is 9.84. The number of carbonyl (C=O) groups is 2. The van der Waals surface area contributed by atoms with E-state index in [4.69, 9.17) is 4.74 Å². The van der Waals surface area contributed by atoms with E-state index in [0.29, 0.717) is 6.54 Å². The SMILES string of the molecule is CC(NCC(O)C(Cc1cc(F)cc(F)c1)NC(=O)OC(C)(C)C)C(=O)NCc1ccccc1. The number of nitrogens with one attached hydrogen (secondary N) is 3. The molecule has 2 aromatic rings. The van der Waals surface area contributed by atoms with Gasteiger partial charge in [0.2, 0.25) is 5.91 Å². The molecule has 0 aromatic heterocycles. The monoisotopic (exact) mass is 477 g/mol. The van der Waals surface area contributed by atoms with Gasteiger partial charge < -0.3 is 25.8 Å². The van der Waals surface area contributed by atoms with Gasteiger partial charge in [0.25, 0.3) is 0 Å². The van der Waals surface area contributed by atoms with E-state index in [9.17, 15) is 23.5 Å². The number of carbonyl (C=O) groups excluding carboxylic acids is 2. The first-order chi connectivity index (χ1) is 15.9. The first kappa shape index (κ1) is 27.2. The first-order valence-corrected chi connectivity index (χ1v) is 11.1. The van der Waals surface area contributed by atoms with E-state index in [0.717, 1.165) is 23.8 Å². The number of ether oxygens (including phenoxy) is 1. The maximum atomic E-state index is 13.6. The maximum Gasteiger partial charge on any atom is 0.407 e. The average Bonchev–Trinajstić information content (AvgIpc) is 2.73. The zero-order chi connectivity index (χ0) is 25.3. The fourth-order valence-electron chi connectivity index (χ4n) is 3.20. The quantitative estimate of drug-likeness (QED) is 0.422. The summed E-state index contributed by atoms with van der Waals surface area (Å²) in [6.07, 6.45) is -2.00. The number of aliphatic hydroxyl groups is 1. The van der Waals surface area contributed by atoms with Gasteiger partial charge in [-0.05, 0) is 57.4 Å². The molecule has 9 heteroatoms. The van der Waals surface area contributed by atoms with Crippen molar-refractivity contribution < 1.29 is 28.2 Å². The highest BCUT2D eigenvalue weighted by Crippen LogP contribution is 2.13. The molecule has 0 radical (unpaired) electrons. The summed E-state index contributed by atoms with van der Waals surface area (Å²) in [5, 5.41) is 19.0. The fourth-order valence-corrected chi connectivity index (χ4v) is 3.20. The summed E-state index contributed by atoms with van der Waals surface area (Å²) in [7, 11) is 0. The molecule has 0 spiro atoms. The molecular formula is C25H33F2N3O4. The van der Waals surface area contributed by atoms with Crippen LogP contribution in [0.1, 0.15) is 38.8 Å². The Bertz CT molecular complexity index is 931. The molecule has 0 aliphatic carbocycles. The molecule has 0 saturated carbocycles. The summed E-state index contributed by atoms with van der Waals surface area (Å²) in [5.41, 5.74) is 0.437. The van der Waals surface area contributed by atoms with E-state index >= 15 is 0 Å². The van der Waals surface area contributed by atoms with Gasteiger partial charge in [0, 0.05) is 19.2 Å². The van der Waals surface area contributed by atoms with Crippen LogP contribution in [0.2, 0.25) is 0 Å². The van der Waals surface area contributed by atoms with Gasteiger partial charge >= 0.3 is 6.09 Å². The number of halogens is 2. The summed E-state index contributed by atoms with van der Waals surface area (Å²) < 4.78 is 32.5. The Hall–Kier alpha value is -3.04. The van der Waals surface area contributed by atoms with Crippen molar-refractivity contribution in [3.63, 3.8) is 0 Å². The zero-order valence-electron chi connectivity index (χ0n) is 19.9. The lowest BCUT2D eigenvalue weighted by molar-refractivity contribution is -0.123. The van der Waals surface area contributed by atoms with Crippen molar-refractivity contribution in [3.8, 4) is 0 Å². The van der Waals surface area contributed by atoms with E-state index in [1.807, 2.05) is 30.3 Å². The van der Waals surface area contributed by atoms with Crippen LogP contribution in [0.4, 0.5) is 13.6 Å². The molecule has 3 atom stereocenters. The summed E-state index contributed by atoms with van der Waals surface area (Å²) in [5.74, 6) is -1.79. The third-order valence-corrected chi connectivity index (χ3v) is 4.88. The molecule has 34 heavy (non-hydrogen) atoms. The van der Waals surface area contributed by atoms with Gasteiger partial charge in [-0.2, -0.15) is 0 Å². The van der Waals surface area contributed by atoms with Crippen molar-refractivity contribution in [3.05, 3.63) is 71.3 Å². The number of hydrogen-bond donors (Lipinski definition) is 4. The zero-order valence-corrected chi connectivity index (χ0v) is 19.9. The van der Waals surface area contributed by atoms with E-state index in [-0.39, 0.29) is 24.4 Å². The highest BCUT2D eigenvalue weighted by atomic mass is 19.1. The van der Waals surface area contributed by atoms with Crippen LogP contribution in [0.15, 0.2) is 48.5 Å². The van der Waals surface area contributed by atoms with Gasteiger partial charge in [0.15, 0.2) is 0 Å². The molecule has 4 N–H and O–H groups in total. The second kappa shape index (κ2) is 12.4. The molecule has 7 nitrogen and oxygen atoms in total. The van der Waals surface area contributed by atoms with Crippen LogP contribution in [0.5, 0.6) is 0 Å². The second-order valence-corrected chi connectivity index (χ2v) is 9.14. The molecule has 186 valence electrons. The Kier molecular flexibility index (Phi) is 9.95. The first-order valence-electron chi connectivity index (χ1n) is 11.1. The van der Waals surface area contributed by atoms with E-state index < -0.39 is 41.5 Å². The smallest absolute Gasteiger partial charge is 0.407 e. The second-order valence-electron chi connectivity index (χ2n) is 9.14. The number of hydrogen-bond acceptors (Lipinski definition) is 5. The Morgan fingerprint density at radius 2 is 1.65 bits per heavy atom. The van der Waals surface area contributed by atoms with Crippen LogP contribution in [-0.2, 0) is 22.5 Å². The van der Waals surface area contributed by atoms with Crippen LogP contribution >= 0.6 is 0 Å². The number of amides is 2. The summed E-state index contributed by atoms with van der Waals surface area (Å²) in [6.45, 7) is 7.03. The van der Waals surface area contributed by atoms with Crippen LogP contribution in [0, 0.1) is 11.6 Å². The lowest BCUT2D eigenvalue weighted by Gasteiger charge is -2.28. The van der Waals surface area contributed by atoms with Crippen LogP contribution in [0.25, 0.3) is 0 Å². The predicted octanol–water partition coefficient (Wildman–Crippen LogP) is 3.06. The van der Waals surface area contributed by atoms with E-state index in [2.05, 4.69) is 16.0 Å². The Morgan fingerprint density at radius 3 is 2.24 bits per heavy atom. The minimum absolute atomic E-state index is 0.0502. The Labute approximate surface area is 198 Å². The summed E-state index contributed by atoms with van der Waals surface area (Å²) in [4.78, 5) is 24.7. The molecule has 0 saturated heterocycles. The largest absolute Gasteiger partial charge is 0.444 e. The molecule has 0 bridgehead atoms. The molecule has 3 unspecified atom stereocenters. The molecule has 2 rings (SSSR count). The number of aliphatic hydroxyl groups excluding tert-OH is 1. The van der Waals surface area contributed by atoms with Crippen LogP contribution < -0.4 is 16.0 Å². The average molecular weight is 478 g/mol. The topological polar surface area (TPSA) is 99.7 Å². The van der Waals surface area contributed by atoms with Crippen LogP contribution in [-0.4, -0.2) is 47.4 Å². The molecule has 0 aliphatic heterocycles. The van der Waals surface area contributed by atoms with Gasteiger partial charge in [0.05, 0.1) is 18.2 Å². The number of benzene rings is 2. The lowest BCUT2D eigenvalue weighted by atomic mass is 10.0. The Morgan fingerprint density at radius 1 is 1.03 bits per heavy atom. The van der Waals surface area contributed by atoms with Gasteiger partial charge in [-0.15, -0.1) is 0 Å². The molecular weight excluding hydrogens is 444 g/mol. The highest BCUT2D eigenvalue weighted by molar-refractivity contribution is 5.81. The summed E-state index contributed by atoms with van der Waals surface area (Å²) in [6, 6.07) is 10.9. The van der Waals surface area contributed by atoms with Crippen molar-refractivity contribution in [2.75, 3.05) is 6.54 Å². The number of alkyl carbamates (subject to hydrolysis) is 1. The molecule has 2 amide bonds. The minimum Gasteiger partial charge on any atom is -0.444 e. The van der Waals surface area contributed by atoms with Gasteiger partial charge in [-0.1, -0.05) is 30.3 Å². The highest BCUT2D eigenvalue weighted by Gasteiger charge is 2.26. The van der Waals surface area contributed by atoms with Crippen molar-refractivity contribution in [2.24, 2.45) is 0 Å². The fraction of sp³-hybridized carbons (Fsp3) is 0.440. The van der Waals surface area contributed by atoms with Crippen molar-refractivity contribution >= 4 is 12.0 Å². The molecule has 0 aliphatic rings. The molecule has 2 aromatic carbocycles. The number of rotatable bonds is 10. The maximum absolute atomic E-state index is 13.6. The minimum atomic E-state index is -1.18. The molecule has 0 heterocycles. The van der Waals surface area contributed by atoms with Gasteiger partial charge in [-0.25, -0.2) is 13.6 Å². The van der Waals surface area contributed by atoms with E-state index in [1.54, 1.807) is 27.7 Å². The van der Waals surface area contributed by atoms with Crippen molar-refractivity contribution in [2.45, 2.75) is 64.4 Å². The predicted molar refractivity (Wildman–Crippen MR) is 125 cm³/mol. The van der Waals surface area contributed by atoms with Gasteiger partial charge in [-0.3, -0.25) is 4.79 Å². The van der Waals surface area contributed by atoms with Crippen molar-refractivity contribution in [1.82, 2.24) is 16.0 Å². The normalized spacial score (nSPS) is 14.1. The van der Waals surface area contributed by atoms with Crippen LogP contribution in [0.3, 0.4) is 0 Å². The summed E-state index contributed by atoms with van der Waals surface area (Å²) >= 11 is 0.